The van der Waals surface area contributed by atoms with Crippen LogP contribution >= 0.6 is 0 Å². The molecule has 10 nitrogen and oxygen atoms in total. The molecule has 0 aliphatic heterocycles. The first-order chi connectivity index (χ1) is 10.8. The van der Waals surface area contributed by atoms with Crippen molar-refractivity contribution in [1.29, 1.82) is 5.26 Å². The average molecular weight is 317 g/mol. The molecule has 0 aliphatic rings. The molecule has 0 unspecified atom stereocenters. The molecule has 1 heterocycles. The number of nitro groups is 1. The Labute approximate surface area is 126 Å². The number of aromatic nitrogens is 1. The lowest BCUT2D eigenvalue weighted by atomic mass is 10.1. The molecule has 0 bridgehead atoms. The van der Waals surface area contributed by atoms with E-state index < -0.39 is 44.8 Å². The van der Waals surface area contributed by atoms with E-state index in [1.54, 1.807) is 6.07 Å². The molecule has 0 aliphatic carbocycles. The maximum absolute atomic E-state index is 12.0. The zero-order chi connectivity index (χ0) is 17.1. The highest BCUT2D eigenvalue weighted by Gasteiger charge is 2.21. The van der Waals surface area contributed by atoms with Crippen LogP contribution in [0.2, 0.25) is 0 Å². The van der Waals surface area contributed by atoms with E-state index in [-0.39, 0.29) is 5.56 Å². The van der Waals surface area contributed by atoms with Gasteiger partial charge in [0, 0.05) is 6.07 Å². The maximum Gasteiger partial charge on any atom is 0.315 e. The Bertz CT molecular complexity index is 930. The van der Waals surface area contributed by atoms with Gasteiger partial charge in [0.05, 0.1) is 11.0 Å². The lowest BCUT2D eigenvalue weighted by molar-refractivity contribution is -0.386. The predicted octanol–water partition coefficient (Wildman–Crippen LogP) is 1.08. The molecule has 23 heavy (non-hydrogen) atoms. The summed E-state index contributed by atoms with van der Waals surface area (Å²) < 4.78 is 4.57. The van der Waals surface area contributed by atoms with Crippen LogP contribution in [0, 0.1) is 21.4 Å². The number of allylic oxidation sites excluding steroid dienone is 1. The number of Topliss-reactive ketones (excluding diaryl/α,β-unsaturated/α-hetero) is 1. The second-order valence-corrected chi connectivity index (χ2v) is 4.24. The minimum Gasteiger partial charge on any atom is -0.504 e. The van der Waals surface area contributed by atoms with Gasteiger partial charge in [-0.15, -0.1) is 0 Å². The van der Waals surface area contributed by atoms with Crippen LogP contribution in [-0.2, 0) is 0 Å². The molecule has 1 aromatic carbocycles. The summed E-state index contributed by atoms with van der Waals surface area (Å²) in [6.45, 7) is 0. The van der Waals surface area contributed by atoms with E-state index >= 15 is 0 Å². The number of carbonyl (C=O) groups excluding carboxylic acids is 1. The summed E-state index contributed by atoms with van der Waals surface area (Å²) in [6, 6.07) is 4.20. The number of carbonyl (C=O) groups is 1. The fraction of sp³-hybridized carbons (Fsp3) is 0. The SMILES string of the molecule is N#C/C(=C\c1cc(O)c(O)c([N+](=O)[O-])c1)C(=O)c1cc(=O)[nH]o1. The third-order valence-corrected chi connectivity index (χ3v) is 2.71. The zero-order valence-corrected chi connectivity index (χ0v) is 11.1. The van der Waals surface area contributed by atoms with Crippen molar-refractivity contribution >= 4 is 17.5 Å². The molecule has 1 aromatic heterocycles. The number of nitrogens with one attached hydrogen (secondary N) is 1. The molecule has 0 saturated carbocycles. The van der Waals surface area contributed by atoms with Gasteiger partial charge in [0.1, 0.15) is 11.6 Å². The van der Waals surface area contributed by atoms with Gasteiger partial charge in [0.25, 0.3) is 5.56 Å². The van der Waals surface area contributed by atoms with Crippen molar-refractivity contribution in [3.8, 4) is 17.6 Å². The van der Waals surface area contributed by atoms with E-state index in [4.69, 9.17) is 5.26 Å². The van der Waals surface area contributed by atoms with E-state index in [9.17, 15) is 29.9 Å². The number of nitro benzene ring substituents is 1. The number of aromatic amines is 1. The van der Waals surface area contributed by atoms with Gasteiger partial charge in [-0.1, -0.05) is 0 Å². The number of hydrogen-bond acceptors (Lipinski definition) is 8. The smallest absolute Gasteiger partial charge is 0.315 e. The number of H-pyrrole nitrogens is 1. The third kappa shape index (κ3) is 3.08. The summed E-state index contributed by atoms with van der Waals surface area (Å²) in [5.41, 5.74) is -2.04. The van der Waals surface area contributed by atoms with E-state index in [1.165, 1.54) is 0 Å². The second-order valence-electron chi connectivity index (χ2n) is 4.24. The predicted molar refractivity (Wildman–Crippen MR) is 73.7 cm³/mol. The summed E-state index contributed by atoms with van der Waals surface area (Å²) in [5, 5.41) is 40.5. The fourth-order valence-electron chi connectivity index (χ4n) is 1.69. The van der Waals surface area contributed by atoms with Crippen LogP contribution in [0.1, 0.15) is 16.1 Å². The summed E-state index contributed by atoms with van der Waals surface area (Å²) in [5.74, 6) is -3.07. The third-order valence-electron chi connectivity index (χ3n) is 2.71. The highest BCUT2D eigenvalue weighted by atomic mass is 16.6. The molecule has 2 aromatic rings. The Hall–Kier alpha value is -3.87. The van der Waals surface area contributed by atoms with Gasteiger partial charge in [-0.3, -0.25) is 19.7 Å². The van der Waals surface area contributed by atoms with Gasteiger partial charge in [0.15, 0.2) is 5.75 Å². The van der Waals surface area contributed by atoms with Crippen LogP contribution in [0.3, 0.4) is 0 Å². The van der Waals surface area contributed by atoms with Crippen LogP contribution in [0.4, 0.5) is 5.69 Å². The van der Waals surface area contributed by atoms with Crippen LogP contribution in [0.15, 0.2) is 33.1 Å². The van der Waals surface area contributed by atoms with E-state index in [1.807, 2.05) is 5.16 Å². The minimum atomic E-state index is -0.939. The lowest BCUT2D eigenvalue weighted by Gasteiger charge is -2.02. The molecule has 10 heteroatoms. The number of phenols is 2. The largest absolute Gasteiger partial charge is 0.504 e. The lowest BCUT2D eigenvalue weighted by Crippen LogP contribution is -2.01. The average Bonchev–Trinajstić information content (AvgIpc) is 2.93. The molecular formula is C13H7N3O7. The fourth-order valence-corrected chi connectivity index (χ4v) is 1.69. The first-order valence-electron chi connectivity index (χ1n) is 5.89. The first-order valence-corrected chi connectivity index (χ1v) is 5.89. The van der Waals surface area contributed by atoms with Gasteiger partial charge >= 0.3 is 5.69 Å². The highest BCUT2D eigenvalue weighted by molar-refractivity contribution is 6.12. The van der Waals surface area contributed by atoms with E-state index in [0.29, 0.717) is 0 Å². The first kappa shape index (κ1) is 15.5. The van der Waals surface area contributed by atoms with Crippen molar-refractivity contribution in [2.45, 2.75) is 0 Å². The normalized spacial score (nSPS) is 11.0. The van der Waals surface area contributed by atoms with Crippen LogP contribution in [0.5, 0.6) is 11.5 Å². The van der Waals surface area contributed by atoms with Gasteiger partial charge < -0.3 is 14.7 Å². The molecule has 3 N–H and O–H groups in total. The van der Waals surface area contributed by atoms with Crippen LogP contribution in [0.25, 0.3) is 6.08 Å². The Balaban J connectivity index is 2.51. The number of nitriles is 1. The quantitative estimate of drug-likeness (QED) is 0.188. The molecule has 0 amide bonds. The summed E-state index contributed by atoms with van der Waals surface area (Å²) in [4.78, 5) is 32.7. The van der Waals surface area contributed by atoms with E-state index in [0.717, 1.165) is 24.3 Å². The second kappa shape index (κ2) is 5.86. The van der Waals surface area contributed by atoms with Crippen molar-refractivity contribution in [2.75, 3.05) is 0 Å². The Morgan fingerprint density at radius 1 is 1.39 bits per heavy atom. The zero-order valence-electron chi connectivity index (χ0n) is 11.1. The van der Waals surface area contributed by atoms with Crippen molar-refractivity contribution in [3.05, 3.63) is 55.6 Å². The number of ketones is 1. The van der Waals surface area contributed by atoms with Gasteiger partial charge in [-0.2, -0.15) is 10.4 Å². The monoisotopic (exact) mass is 317 g/mol. The maximum atomic E-state index is 12.0. The van der Waals surface area contributed by atoms with Gasteiger partial charge in [0.2, 0.25) is 17.3 Å². The topological polar surface area (TPSA) is 170 Å². The molecule has 0 spiro atoms. The molecule has 0 saturated heterocycles. The summed E-state index contributed by atoms with van der Waals surface area (Å²) in [6.07, 6.45) is 0.946. The molecule has 116 valence electrons. The molecular weight excluding hydrogens is 310 g/mol. The Morgan fingerprint density at radius 2 is 2.09 bits per heavy atom. The number of nitrogens with zero attached hydrogens (tertiary/aromatic N) is 2. The standard InChI is InChI=1S/C13H7N3O7/c14-5-7(12(19)10-4-11(18)15-23-10)1-6-2-8(16(21)22)13(20)9(17)3-6/h1-4,17,20H,(H,15,18)/b7-1+. The number of benzene rings is 1. The van der Waals surface area contributed by atoms with E-state index in [2.05, 4.69) is 4.52 Å². The molecule has 0 radical (unpaired) electrons. The molecule has 0 atom stereocenters. The van der Waals surface area contributed by atoms with Gasteiger partial charge in [-0.25, -0.2) is 0 Å². The van der Waals surface area contributed by atoms with Crippen LogP contribution < -0.4 is 5.56 Å². The van der Waals surface area contributed by atoms with Crippen molar-refractivity contribution < 1.29 is 24.5 Å². The number of phenolic OH excluding ortho intramolecular Hbond substituents is 2. The highest BCUT2D eigenvalue weighted by Crippen LogP contribution is 2.36. The van der Waals surface area contributed by atoms with Gasteiger partial charge in [-0.05, 0) is 17.7 Å². The number of rotatable bonds is 4. The Kier molecular flexibility index (Phi) is 3.95. The summed E-state index contributed by atoms with van der Waals surface area (Å²) >= 11 is 0. The van der Waals surface area contributed by atoms with Crippen molar-refractivity contribution in [2.24, 2.45) is 0 Å². The Morgan fingerprint density at radius 3 is 2.61 bits per heavy atom. The number of aromatic hydroxyl groups is 2. The van der Waals surface area contributed by atoms with Crippen molar-refractivity contribution in [3.63, 3.8) is 0 Å². The van der Waals surface area contributed by atoms with Crippen LogP contribution in [-0.4, -0.2) is 26.1 Å². The number of hydrogen-bond donors (Lipinski definition) is 3. The molecule has 2 rings (SSSR count). The molecule has 0 fully saturated rings. The van der Waals surface area contributed by atoms with Crippen molar-refractivity contribution in [1.82, 2.24) is 5.16 Å². The summed E-state index contributed by atoms with van der Waals surface area (Å²) in [7, 11) is 0. The minimum absolute atomic E-state index is 0.0743.